The van der Waals surface area contributed by atoms with Gasteiger partial charge in [-0.2, -0.15) is 0 Å². The molecule has 0 spiro atoms. The first-order valence-electron chi connectivity index (χ1n) is 11.1. The summed E-state index contributed by atoms with van der Waals surface area (Å²) in [5, 5.41) is 0.423. The molecule has 0 amide bonds. The monoisotopic (exact) mass is 522 g/mol. The zero-order chi connectivity index (χ0) is 25.8. The van der Waals surface area contributed by atoms with Crippen molar-refractivity contribution in [2.24, 2.45) is 4.99 Å². The number of hydrogen-bond donors (Lipinski definition) is 0. The van der Waals surface area contributed by atoms with Gasteiger partial charge in [0.25, 0.3) is 5.56 Å². The quantitative estimate of drug-likeness (QED) is 0.351. The number of hydrogen-bond acceptors (Lipinski definition) is 7. The number of allylic oxidation sites excluding steroid dienone is 1. The third-order valence-electron chi connectivity index (χ3n) is 5.53. The number of carbonyl (C=O) groups is 1. The summed E-state index contributed by atoms with van der Waals surface area (Å²) < 4.78 is 18.3. The van der Waals surface area contributed by atoms with Crippen molar-refractivity contribution in [1.29, 1.82) is 0 Å². The van der Waals surface area contributed by atoms with Gasteiger partial charge in [0.15, 0.2) is 16.3 Å². The lowest BCUT2D eigenvalue weighted by molar-refractivity contribution is -0.139. The minimum absolute atomic E-state index is 0.0388. The molecule has 0 radical (unpaired) electrons. The molecule has 0 aliphatic carbocycles. The van der Waals surface area contributed by atoms with Crippen LogP contribution in [0.2, 0.25) is 5.02 Å². The minimum Gasteiger partial charge on any atom is -0.493 e. The van der Waals surface area contributed by atoms with Gasteiger partial charge in [0.05, 0.1) is 29.5 Å². The zero-order valence-electron chi connectivity index (χ0n) is 19.9. The summed E-state index contributed by atoms with van der Waals surface area (Å²) in [5.41, 5.74) is 1.62. The third-order valence-corrected chi connectivity index (χ3v) is 6.86. The first-order chi connectivity index (χ1) is 17.4. The predicted molar refractivity (Wildman–Crippen MR) is 139 cm³/mol. The summed E-state index contributed by atoms with van der Waals surface area (Å²) in [7, 11) is 1.53. The van der Waals surface area contributed by atoms with Gasteiger partial charge in [0.1, 0.15) is 12.6 Å². The van der Waals surface area contributed by atoms with Gasteiger partial charge in [-0.15, -0.1) is 6.42 Å². The molecule has 0 N–H and O–H groups in total. The van der Waals surface area contributed by atoms with Crippen LogP contribution in [0.3, 0.4) is 0 Å². The number of nitrogens with zero attached hydrogens (tertiary/aromatic N) is 2. The average molecular weight is 523 g/mol. The lowest BCUT2D eigenvalue weighted by Gasteiger charge is -2.25. The van der Waals surface area contributed by atoms with Gasteiger partial charge in [-0.3, -0.25) is 9.36 Å². The Bertz CT molecular complexity index is 1580. The number of fused-ring (bicyclic) bond motifs is 1. The molecule has 0 unspecified atom stereocenters. The average Bonchev–Trinajstić information content (AvgIpc) is 3.17. The molecule has 1 aliphatic rings. The van der Waals surface area contributed by atoms with Crippen molar-refractivity contribution in [3.63, 3.8) is 0 Å². The number of halogens is 1. The number of benzene rings is 2. The summed E-state index contributed by atoms with van der Waals surface area (Å²) in [6.07, 6.45) is 7.07. The molecular formula is C27H23ClN2O5S. The molecule has 1 aromatic heterocycles. The number of esters is 1. The van der Waals surface area contributed by atoms with E-state index in [4.69, 9.17) is 32.2 Å². The highest BCUT2D eigenvalue weighted by Gasteiger charge is 2.34. The van der Waals surface area contributed by atoms with Gasteiger partial charge in [-0.05, 0) is 37.6 Å². The molecule has 36 heavy (non-hydrogen) atoms. The Morgan fingerprint density at radius 3 is 2.75 bits per heavy atom. The Labute approximate surface area is 216 Å². The van der Waals surface area contributed by atoms with Crippen LogP contribution in [0.4, 0.5) is 0 Å². The van der Waals surface area contributed by atoms with Crippen molar-refractivity contribution in [2.45, 2.75) is 19.9 Å². The van der Waals surface area contributed by atoms with Crippen molar-refractivity contribution in [3.8, 4) is 23.8 Å². The van der Waals surface area contributed by atoms with E-state index in [1.807, 2.05) is 0 Å². The first-order valence-corrected chi connectivity index (χ1v) is 12.3. The molecule has 7 nitrogen and oxygen atoms in total. The fraction of sp³-hybridized carbons (Fsp3) is 0.222. The summed E-state index contributed by atoms with van der Waals surface area (Å²) in [4.78, 5) is 31.8. The highest BCUT2D eigenvalue weighted by atomic mass is 35.5. The molecule has 2 aromatic carbocycles. The molecule has 0 saturated carbocycles. The standard InChI is InChI=1S/C27H23ClN2O5S/c1-5-14-35-24-17(10-9-13-20(24)33-4)15-21-25(31)30-23(18-11-7-8-12-19(18)28)22(26(32)34-6-2)16(3)29-27(30)36-21/h1,7-13,15,23H,6,14H2,2-4H3/b21-15-/t23-/m1/s1. The molecule has 0 fully saturated rings. The molecular weight excluding hydrogens is 500 g/mol. The smallest absolute Gasteiger partial charge is 0.338 e. The largest absolute Gasteiger partial charge is 0.493 e. The second kappa shape index (κ2) is 10.9. The minimum atomic E-state index is -0.793. The molecule has 3 aromatic rings. The number of thiazole rings is 1. The van der Waals surface area contributed by atoms with Crippen LogP contribution in [0.5, 0.6) is 11.5 Å². The second-order valence-corrected chi connectivity index (χ2v) is 9.11. The maximum absolute atomic E-state index is 13.8. The topological polar surface area (TPSA) is 79.1 Å². The summed E-state index contributed by atoms with van der Waals surface area (Å²) in [6, 6.07) is 11.6. The van der Waals surface area contributed by atoms with Crippen LogP contribution in [0.25, 0.3) is 6.08 Å². The van der Waals surface area contributed by atoms with Crippen molar-refractivity contribution in [1.82, 2.24) is 4.57 Å². The maximum Gasteiger partial charge on any atom is 0.338 e. The Morgan fingerprint density at radius 2 is 2.06 bits per heavy atom. The number of aromatic nitrogens is 1. The van der Waals surface area contributed by atoms with E-state index in [0.717, 1.165) is 0 Å². The van der Waals surface area contributed by atoms with Gasteiger partial charge in [0, 0.05) is 10.6 Å². The molecule has 4 rings (SSSR count). The van der Waals surface area contributed by atoms with E-state index in [9.17, 15) is 9.59 Å². The van der Waals surface area contributed by atoms with Gasteiger partial charge in [0.2, 0.25) is 0 Å². The normalized spacial score (nSPS) is 15.1. The van der Waals surface area contributed by atoms with E-state index >= 15 is 0 Å². The lowest BCUT2D eigenvalue weighted by atomic mass is 9.96. The lowest BCUT2D eigenvalue weighted by Crippen LogP contribution is -2.40. The Balaban J connectivity index is 1.97. The molecule has 0 saturated heterocycles. The summed E-state index contributed by atoms with van der Waals surface area (Å²) in [5.74, 6) is 2.81. The van der Waals surface area contributed by atoms with Crippen LogP contribution < -0.4 is 24.4 Å². The fourth-order valence-corrected chi connectivity index (χ4v) is 5.28. The predicted octanol–water partition coefficient (Wildman–Crippen LogP) is 3.47. The zero-order valence-corrected chi connectivity index (χ0v) is 21.5. The van der Waals surface area contributed by atoms with Crippen LogP contribution in [0.1, 0.15) is 31.0 Å². The first kappa shape index (κ1) is 25.3. The van der Waals surface area contributed by atoms with Gasteiger partial charge >= 0.3 is 5.97 Å². The molecule has 184 valence electrons. The van der Waals surface area contributed by atoms with E-state index in [2.05, 4.69) is 10.9 Å². The van der Waals surface area contributed by atoms with Crippen LogP contribution >= 0.6 is 22.9 Å². The van der Waals surface area contributed by atoms with E-state index in [1.54, 1.807) is 62.4 Å². The Morgan fingerprint density at radius 1 is 1.28 bits per heavy atom. The van der Waals surface area contributed by atoms with E-state index in [1.165, 1.54) is 23.0 Å². The van der Waals surface area contributed by atoms with Crippen LogP contribution in [0.15, 0.2) is 63.5 Å². The van der Waals surface area contributed by atoms with Gasteiger partial charge in [-0.1, -0.05) is 59.2 Å². The number of ether oxygens (including phenoxy) is 3. The summed E-state index contributed by atoms with van der Waals surface area (Å²) in [6.45, 7) is 3.67. The van der Waals surface area contributed by atoms with Crippen LogP contribution in [0, 0.1) is 12.3 Å². The van der Waals surface area contributed by atoms with E-state index < -0.39 is 12.0 Å². The number of para-hydroxylation sites is 1. The highest BCUT2D eigenvalue weighted by molar-refractivity contribution is 7.07. The van der Waals surface area contributed by atoms with Crippen molar-refractivity contribution in [3.05, 3.63) is 89.6 Å². The van der Waals surface area contributed by atoms with Gasteiger partial charge in [-0.25, -0.2) is 9.79 Å². The van der Waals surface area contributed by atoms with E-state index in [0.29, 0.717) is 42.7 Å². The number of rotatable bonds is 7. The van der Waals surface area contributed by atoms with E-state index in [-0.39, 0.29) is 24.3 Å². The van der Waals surface area contributed by atoms with Crippen molar-refractivity contribution >= 4 is 35.0 Å². The third kappa shape index (κ3) is 4.68. The number of terminal acetylenes is 1. The van der Waals surface area contributed by atoms with Crippen molar-refractivity contribution < 1.29 is 19.0 Å². The maximum atomic E-state index is 13.8. The SMILES string of the molecule is C#CCOc1c(/C=c2\sc3n(c2=O)[C@H](c2ccccc2Cl)C(C(=O)OCC)=C(C)N=3)cccc1OC. The molecule has 2 heterocycles. The molecule has 0 bridgehead atoms. The second-order valence-electron chi connectivity index (χ2n) is 7.70. The van der Waals surface area contributed by atoms with Crippen molar-refractivity contribution in [2.75, 3.05) is 20.3 Å². The summed E-state index contributed by atoms with van der Waals surface area (Å²) >= 11 is 7.74. The fourth-order valence-electron chi connectivity index (χ4n) is 4.00. The van der Waals surface area contributed by atoms with Crippen LogP contribution in [-0.2, 0) is 9.53 Å². The van der Waals surface area contributed by atoms with Gasteiger partial charge < -0.3 is 14.2 Å². The molecule has 1 aliphatic heterocycles. The molecule has 1 atom stereocenters. The number of carbonyl (C=O) groups excluding carboxylic acids is 1. The highest BCUT2D eigenvalue weighted by Crippen LogP contribution is 2.35. The Kier molecular flexibility index (Phi) is 7.63. The Hall–Kier alpha value is -3.80. The number of methoxy groups -OCH3 is 1. The molecule has 9 heteroatoms. The van der Waals surface area contributed by atoms with Crippen LogP contribution in [-0.4, -0.2) is 30.9 Å².